The normalized spacial score (nSPS) is 35.2. The molecule has 0 radical (unpaired) electrons. The number of aliphatic carboxylic acids is 1. The lowest BCUT2D eigenvalue weighted by Gasteiger charge is -2.31. The average Bonchev–Trinajstić information content (AvgIpc) is 3.31. The van der Waals surface area contributed by atoms with E-state index in [-0.39, 0.29) is 61.2 Å². The summed E-state index contributed by atoms with van der Waals surface area (Å²) in [6.45, 7) is 1.08. The van der Waals surface area contributed by atoms with Crippen LogP contribution in [0.25, 0.3) is 0 Å². The molecular formula is C18H23N3O5. The maximum Gasteiger partial charge on any atom is 0.317 e. The molecule has 3 fully saturated rings. The van der Waals surface area contributed by atoms with E-state index in [9.17, 15) is 19.2 Å². The Bertz CT molecular complexity index is 660. The molecule has 0 spiro atoms. The fourth-order valence-corrected chi connectivity index (χ4v) is 4.93. The molecule has 26 heavy (non-hydrogen) atoms. The lowest BCUT2D eigenvalue weighted by molar-refractivity contribution is -0.143. The molecule has 2 aliphatic carbocycles. The number of allylic oxidation sites excluding steroid dienone is 2. The van der Waals surface area contributed by atoms with Gasteiger partial charge in [-0.2, -0.15) is 0 Å². The number of carboxylic acids is 1. The predicted octanol–water partition coefficient (Wildman–Crippen LogP) is 0.300. The molecule has 0 aromatic heterocycles. The first kappa shape index (κ1) is 17.1. The van der Waals surface area contributed by atoms with Crippen molar-refractivity contribution in [3.05, 3.63) is 12.2 Å². The summed E-state index contributed by atoms with van der Waals surface area (Å²) in [5.41, 5.74) is 0. The van der Waals surface area contributed by atoms with Crippen LogP contribution in [0.2, 0.25) is 0 Å². The van der Waals surface area contributed by atoms with Crippen LogP contribution in [0, 0.1) is 29.6 Å². The van der Waals surface area contributed by atoms with Crippen LogP contribution in [-0.4, -0.2) is 64.9 Å². The van der Waals surface area contributed by atoms with Crippen LogP contribution in [0.15, 0.2) is 12.2 Å². The smallest absolute Gasteiger partial charge is 0.317 e. The zero-order valence-corrected chi connectivity index (χ0v) is 14.5. The quantitative estimate of drug-likeness (QED) is 0.553. The Labute approximate surface area is 151 Å². The largest absolute Gasteiger partial charge is 0.481 e. The van der Waals surface area contributed by atoms with Crippen LogP contribution in [0.4, 0.5) is 4.79 Å². The number of nitrogens with one attached hydrogen (secondary N) is 1. The second-order valence-electron chi connectivity index (χ2n) is 7.68. The van der Waals surface area contributed by atoms with Crippen molar-refractivity contribution in [2.75, 3.05) is 26.2 Å². The number of nitrogens with zero attached hydrogens (tertiary/aromatic N) is 2. The summed E-state index contributed by atoms with van der Waals surface area (Å²) in [6, 6.07) is -0.336. The van der Waals surface area contributed by atoms with Gasteiger partial charge in [-0.3, -0.25) is 19.3 Å². The predicted molar refractivity (Wildman–Crippen MR) is 89.8 cm³/mol. The molecule has 8 nitrogen and oxygen atoms in total. The molecule has 0 aromatic carbocycles. The number of rotatable bonds is 4. The highest BCUT2D eigenvalue weighted by molar-refractivity contribution is 6.06. The third-order valence-corrected chi connectivity index (χ3v) is 6.23. The Morgan fingerprint density at radius 1 is 1.15 bits per heavy atom. The van der Waals surface area contributed by atoms with Crippen LogP contribution >= 0.6 is 0 Å². The summed E-state index contributed by atoms with van der Waals surface area (Å²) < 4.78 is 0. The van der Waals surface area contributed by atoms with Crippen LogP contribution in [0.5, 0.6) is 0 Å². The lowest BCUT2D eigenvalue weighted by Crippen LogP contribution is -2.49. The molecule has 2 bridgehead atoms. The van der Waals surface area contributed by atoms with Gasteiger partial charge in [-0.15, -0.1) is 0 Å². The fourth-order valence-electron chi connectivity index (χ4n) is 4.93. The minimum atomic E-state index is -0.884. The molecule has 2 saturated heterocycles. The highest BCUT2D eigenvalue weighted by Crippen LogP contribution is 2.52. The van der Waals surface area contributed by atoms with Crippen molar-refractivity contribution in [2.24, 2.45) is 29.6 Å². The van der Waals surface area contributed by atoms with Crippen molar-refractivity contribution < 1.29 is 24.3 Å². The van der Waals surface area contributed by atoms with Crippen LogP contribution in [-0.2, 0) is 14.4 Å². The van der Waals surface area contributed by atoms with Crippen molar-refractivity contribution in [3.8, 4) is 0 Å². The minimum Gasteiger partial charge on any atom is -0.481 e. The number of fused-ring (bicyclic) bond motifs is 5. The topological polar surface area (TPSA) is 107 Å². The van der Waals surface area contributed by atoms with Gasteiger partial charge in [-0.05, 0) is 31.1 Å². The van der Waals surface area contributed by atoms with E-state index in [1.165, 1.54) is 9.80 Å². The molecule has 2 N–H and O–H groups in total. The van der Waals surface area contributed by atoms with Gasteiger partial charge in [-0.25, -0.2) is 4.79 Å². The van der Waals surface area contributed by atoms with Crippen LogP contribution in [0.3, 0.4) is 0 Å². The van der Waals surface area contributed by atoms with Gasteiger partial charge in [0.05, 0.1) is 17.8 Å². The molecule has 140 valence electrons. The molecule has 5 unspecified atom stereocenters. The minimum absolute atomic E-state index is 0.116. The monoisotopic (exact) mass is 361 g/mol. The molecule has 2 heterocycles. The van der Waals surface area contributed by atoms with E-state index >= 15 is 0 Å². The third-order valence-electron chi connectivity index (χ3n) is 6.23. The molecule has 2 aliphatic heterocycles. The van der Waals surface area contributed by atoms with E-state index in [1.807, 2.05) is 0 Å². The first-order chi connectivity index (χ1) is 12.5. The number of carboxylic acid groups (broad SMARTS) is 1. The molecule has 8 heteroatoms. The van der Waals surface area contributed by atoms with E-state index < -0.39 is 11.9 Å². The summed E-state index contributed by atoms with van der Waals surface area (Å²) in [5, 5.41) is 11.8. The molecular weight excluding hydrogens is 338 g/mol. The van der Waals surface area contributed by atoms with Gasteiger partial charge < -0.3 is 15.3 Å². The SMILES string of the molecule is O=C(O)C1CCCN(C(=O)NCCN2C(=O)C3C4C=CC(C4)C3C2=O)C1. The van der Waals surface area contributed by atoms with Crippen LogP contribution < -0.4 is 5.32 Å². The molecule has 0 aromatic rings. The number of hydrogen-bond acceptors (Lipinski definition) is 4. The first-order valence-corrected chi connectivity index (χ1v) is 9.26. The number of hydrogen-bond donors (Lipinski definition) is 2. The second-order valence-corrected chi connectivity index (χ2v) is 7.68. The number of urea groups is 1. The number of imide groups is 1. The van der Waals surface area contributed by atoms with Gasteiger partial charge in [0.1, 0.15) is 0 Å². The second kappa shape index (κ2) is 6.41. The number of amides is 4. The number of carbonyl (C=O) groups is 4. The molecule has 4 amide bonds. The van der Waals surface area contributed by atoms with Gasteiger partial charge in [0, 0.05) is 26.2 Å². The summed E-state index contributed by atoms with van der Waals surface area (Å²) in [4.78, 5) is 51.2. The van der Waals surface area contributed by atoms with Crippen molar-refractivity contribution in [3.63, 3.8) is 0 Å². The highest BCUT2D eigenvalue weighted by Gasteiger charge is 2.58. The lowest BCUT2D eigenvalue weighted by atomic mass is 9.85. The Kier molecular flexibility index (Phi) is 4.20. The van der Waals surface area contributed by atoms with E-state index in [2.05, 4.69) is 17.5 Å². The molecule has 4 aliphatic rings. The van der Waals surface area contributed by atoms with Crippen molar-refractivity contribution in [1.29, 1.82) is 0 Å². The summed E-state index contributed by atoms with van der Waals surface area (Å²) in [7, 11) is 0. The van der Waals surface area contributed by atoms with Gasteiger partial charge >= 0.3 is 12.0 Å². The van der Waals surface area contributed by atoms with Gasteiger partial charge in [0.25, 0.3) is 0 Å². The number of likely N-dealkylation sites (tertiary alicyclic amines) is 2. The van der Waals surface area contributed by atoms with E-state index in [4.69, 9.17) is 5.11 Å². The highest BCUT2D eigenvalue weighted by atomic mass is 16.4. The maximum atomic E-state index is 12.6. The van der Waals surface area contributed by atoms with Crippen molar-refractivity contribution in [1.82, 2.24) is 15.1 Å². The molecule has 1 saturated carbocycles. The zero-order valence-electron chi connectivity index (χ0n) is 14.5. The van der Waals surface area contributed by atoms with E-state index in [0.29, 0.717) is 19.4 Å². The first-order valence-electron chi connectivity index (χ1n) is 9.26. The Morgan fingerprint density at radius 3 is 2.42 bits per heavy atom. The number of piperidine rings is 1. The Hall–Kier alpha value is -2.38. The molecule has 4 rings (SSSR count). The summed E-state index contributed by atoms with van der Waals surface area (Å²) in [6.07, 6.45) is 6.24. The Balaban J connectivity index is 1.29. The number of carbonyl (C=O) groups excluding carboxylic acids is 3. The standard InChI is InChI=1S/C18H23N3O5/c22-15-13-10-3-4-11(8-10)14(13)16(23)21(15)7-5-19-18(26)20-6-1-2-12(9-20)17(24)25/h3-4,10-14H,1-2,5-9H2,(H,19,26)(H,24,25). The Morgan fingerprint density at radius 2 is 1.81 bits per heavy atom. The zero-order chi connectivity index (χ0) is 18.4. The third kappa shape index (κ3) is 2.68. The van der Waals surface area contributed by atoms with E-state index in [0.717, 1.165) is 6.42 Å². The summed E-state index contributed by atoms with van der Waals surface area (Å²) >= 11 is 0. The van der Waals surface area contributed by atoms with Gasteiger partial charge in [0.2, 0.25) is 11.8 Å². The van der Waals surface area contributed by atoms with Crippen molar-refractivity contribution >= 4 is 23.8 Å². The fraction of sp³-hybridized carbons (Fsp3) is 0.667. The maximum absolute atomic E-state index is 12.6. The van der Waals surface area contributed by atoms with Gasteiger partial charge in [-0.1, -0.05) is 12.2 Å². The van der Waals surface area contributed by atoms with Gasteiger partial charge in [0.15, 0.2) is 0 Å². The summed E-state index contributed by atoms with van der Waals surface area (Å²) in [5.74, 6) is -1.71. The van der Waals surface area contributed by atoms with Crippen LogP contribution in [0.1, 0.15) is 19.3 Å². The average molecular weight is 361 g/mol. The van der Waals surface area contributed by atoms with Crippen molar-refractivity contribution in [2.45, 2.75) is 19.3 Å². The molecule has 5 atom stereocenters. The van der Waals surface area contributed by atoms with E-state index in [1.54, 1.807) is 0 Å².